The van der Waals surface area contributed by atoms with Gasteiger partial charge in [0.1, 0.15) is 5.88 Å². The number of benzene rings is 2. The molecular formula is C13H11Cl2NO2S. The van der Waals surface area contributed by atoms with E-state index in [2.05, 4.69) is 5.32 Å². The van der Waals surface area contributed by atoms with Gasteiger partial charge in [-0.25, -0.2) is 8.42 Å². The molecule has 0 spiro atoms. The Morgan fingerprint density at radius 2 is 1.32 bits per heavy atom. The Labute approximate surface area is 122 Å². The molecule has 0 aliphatic carbocycles. The van der Waals surface area contributed by atoms with E-state index < -0.39 is 9.84 Å². The lowest BCUT2D eigenvalue weighted by Crippen LogP contribution is -2.14. The van der Waals surface area contributed by atoms with Gasteiger partial charge in [-0.15, -0.1) is 0 Å². The standard InChI is InChI=1S/C13H11Cl2NO2S/c14-10-1-5-12(6-2-10)16-9-19(17,18)13-7-3-11(15)4-8-13/h1-8,16H,9H2. The van der Waals surface area contributed by atoms with Crippen LogP contribution in [0.1, 0.15) is 0 Å². The summed E-state index contributed by atoms with van der Waals surface area (Å²) >= 11 is 11.5. The number of rotatable bonds is 4. The molecule has 0 bridgehead atoms. The highest BCUT2D eigenvalue weighted by Gasteiger charge is 2.13. The van der Waals surface area contributed by atoms with E-state index in [1.165, 1.54) is 12.1 Å². The number of hydrogen-bond acceptors (Lipinski definition) is 3. The molecule has 0 saturated carbocycles. The fourth-order valence-electron chi connectivity index (χ4n) is 1.47. The Balaban J connectivity index is 2.09. The van der Waals surface area contributed by atoms with Gasteiger partial charge in [-0.2, -0.15) is 0 Å². The first-order valence-electron chi connectivity index (χ1n) is 5.45. The van der Waals surface area contributed by atoms with Gasteiger partial charge in [0.05, 0.1) is 4.90 Å². The van der Waals surface area contributed by atoms with E-state index in [1.807, 2.05) is 0 Å². The van der Waals surface area contributed by atoms with Crippen molar-refractivity contribution in [2.45, 2.75) is 4.90 Å². The van der Waals surface area contributed by atoms with Crippen molar-refractivity contribution in [1.29, 1.82) is 0 Å². The average Bonchev–Trinajstić information content (AvgIpc) is 2.39. The van der Waals surface area contributed by atoms with Crippen LogP contribution in [-0.4, -0.2) is 14.3 Å². The highest BCUT2D eigenvalue weighted by molar-refractivity contribution is 7.91. The highest BCUT2D eigenvalue weighted by atomic mass is 35.5. The third-order valence-corrected chi connectivity index (χ3v) is 4.50. The predicted octanol–water partition coefficient (Wildman–Crippen LogP) is 3.84. The molecule has 0 aliphatic heterocycles. The van der Waals surface area contributed by atoms with Gasteiger partial charge >= 0.3 is 0 Å². The minimum Gasteiger partial charge on any atom is -0.371 e. The van der Waals surface area contributed by atoms with Crippen molar-refractivity contribution in [2.24, 2.45) is 0 Å². The molecule has 2 rings (SSSR count). The number of nitrogens with one attached hydrogen (secondary N) is 1. The first-order valence-corrected chi connectivity index (χ1v) is 7.86. The molecule has 0 heterocycles. The maximum absolute atomic E-state index is 12.1. The zero-order chi connectivity index (χ0) is 13.9. The third kappa shape index (κ3) is 3.86. The van der Waals surface area contributed by atoms with Crippen LogP contribution in [0, 0.1) is 0 Å². The van der Waals surface area contributed by atoms with E-state index >= 15 is 0 Å². The zero-order valence-electron chi connectivity index (χ0n) is 9.81. The van der Waals surface area contributed by atoms with E-state index in [1.54, 1.807) is 36.4 Å². The summed E-state index contributed by atoms with van der Waals surface area (Å²) in [4.78, 5) is 0.235. The molecule has 0 atom stereocenters. The van der Waals surface area contributed by atoms with Crippen LogP contribution in [0.4, 0.5) is 5.69 Å². The molecule has 0 aliphatic rings. The predicted molar refractivity (Wildman–Crippen MR) is 78.6 cm³/mol. The summed E-state index contributed by atoms with van der Waals surface area (Å²) in [6.45, 7) is 0. The van der Waals surface area contributed by atoms with Gasteiger partial charge in [0.25, 0.3) is 0 Å². The molecule has 0 saturated heterocycles. The fraction of sp³-hybridized carbons (Fsp3) is 0.0769. The molecule has 2 aromatic carbocycles. The second kappa shape index (κ2) is 5.82. The van der Waals surface area contributed by atoms with Crippen LogP contribution in [0.25, 0.3) is 0 Å². The van der Waals surface area contributed by atoms with Crippen molar-refractivity contribution in [3.8, 4) is 0 Å². The molecule has 19 heavy (non-hydrogen) atoms. The van der Waals surface area contributed by atoms with Crippen LogP contribution in [0.3, 0.4) is 0 Å². The lowest BCUT2D eigenvalue weighted by molar-refractivity contribution is 0.598. The summed E-state index contributed by atoms with van der Waals surface area (Å²) in [5, 5.41) is 3.95. The molecule has 2 aromatic rings. The normalized spacial score (nSPS) is 11.3. The van der Waals surface area contributed by atoms with Crippen LogP contribution in [0.2, 0.25) is 10.0 Å². The number of hydrogen-bond donors (Lipinski definition) is 1. The maximum atomic E-state index is 12.1. The molecule has 1 N–H and O–H groups in total. The van der Waals surface area contributed by atoms with Gasteiger partial charge in [0.15, 0.2) is 9.84 Å². The van der Waals surface area contributed by atoms with Crippen LogP contribution in [0.5, 0.6) is 0 Å². The summed E-state index contributed by atoms with van der Waals surface area (Å²) in [5.41, 5.74) is 0.696. The summed E-state index contributed by atoms with van der Waals surface area (Å²) in [6.07, 6.45) is 0. The fourth-order valence-corrected chi connectivity index (χ4v) is 2.80. The lowest BCUT2D eigenvalue weighted by Gasteiger charge is -2.08. The first kappa shape index (κ1) is 14.2. The van der Waals surface area contributed by atoms with E-state index in [0.717, 1.165) is 0 Å². The molecular weight excluding hydrogens is 305 g/mol. The summed E-state index contributed by atoms with van der Waals surface area (Å²) in [7, 11) is -3.39. The Morgan fingerprint density at radius 3 is 1.84 bits per heavy atom. The molecule has 0 unspecified atom stereocenters. The Morgan fingerprint density at radius 1 is 0.842 bits per heavy atom. The van der Waals surface area contributed by atoms with Crippen LogP contribution in [0.15, 0.2) is 53.4 Å². The van der Waals surface area contributed by atoms with Crippen LogP contribution >= 0.6 is 23.2 Å². The molecule has 0 fully saturated rings. The third-order valence-electron chi connectivity index (χ3n) is 2.48. The minimum atomic E-state index is -3.39. The molecule has 100 valence electrons. The maximum Gasteiger partial charge on any atom is 0.196 e. The van der Waals surface area contributed by atoms with Crippen molar-refractivity contribution in [1.82, 2.24) is 0 Å². The van der Waals surface area contributed by atoms with Gasteiger partial charge < -0.3 is 5.32 Å². The van der Waals surface area contributed by atoms with Gasteiger partial charge in [0.2, 0.25) is 0 Å². The lowest BCUT2D eigenvalue weighted by atomic mass is 10.3. The molecule has 0 radical (unpaired) electrons. The summed E-state index contributed by atoms with van der Waals surface area (Å²) in [6, 6.07) is 12.9. The molecule has 6 heteroatoms. The summed E-state index contributed by atoms with van der Waals surface area (Å²) in [5.74, 6) is -0.184. The first-order chi connectivity index (χ1) is 8.97. The largest absolute Gasteiger partial charge is 0.371 e. The molecule has 3 nitrogen and oxygen atoms in total. The summed E-state index contributed by atoms with van der Waals surface area (Å²) < 4.78 is 24.1. The van der Waals surface area contributed by atoms with E-state index in [0.29, 0.717) is 15.7 Å². The Kier molecular flexibility index (Phi) is 4.34. The van der Waals surface area contributed by atoms with Crippen LogP contribution in [-0.2, 0) is 9.84 Å². The number of anilines is 1. The van der Waals surface area contributed by atoms with E-state index in [9.17, 15) is 8.42 Å². The molecule has 0 amide bonds. The Hall–Kier alpha value is -1.23. The minimum absolute atomic E-state index is 0.184. The van der Waals surface area contributed by atoms with Crippen molar-refractivity contribution < 1.29 is 8.42 Å². The average molecular weight is 316 g/mol. The van der Waals surface area contributed by atoms with Crippen LogP contribution < -0.4 is 5.32 Å². The van der Waals surface area contributed by atoms with Crippen molar-refractivity contribution in [2.75, 3.05) is 11.2 Å². The second-order valence-electron chi connectivity index (χ2n) is 3.90. The Bertz CT molecular complexity index is 652. The van der Waals surface area contributed by atoms with Gasteiger partial charge in [-0.1, -0.05) is 23.2 Å². The van der Waals surface area contributed by atoms with Gasteiger partial charge in [-0.3, -0.25) is 0 Å². The quantitative estimate of drug-likeness (QED) is 0.932. The van der Waals surface area contributed by atoms with Crippen molar-refractivity contribution >= 4 is 38.7 Å². The highest BCUT2D eigenvalue weighted by Crippen LogP contribution is 2.17. The topological polar surface area (TPSA) is 46.2 Å². The van der Waals surface area contributed by atoms with Gasteiger partial charge in [0, 0.05) is 15.7 Å². The second-order valence-corrected chi connectivity index (χ2v) is 6.76. The monoisotopic (exact) mass is 315 g/mol. The SMILES string of the molecule is O=S(=O)(CNc1ccc(Cl)cc1)c1ccc(Cl)cc1. The van der Waals surface area contributed by atoms with E-state index in [-0.39, 0.29) is 10.8 Å². The number of halogens is 2. The smallest absolute Gasteiger partial charge is 0.196 e. The van der Waals surface area contributed by atoms with Gasteiger partial charge in [-0.05, 0) is 48.5 Å². The van der Waals surface area contributed by atoms with E-state index in [4.69, 9.17) is 23.2 Å². The van der Waals surface area contributed by atoms with Crippen molar-refractivity contribution in [3.63, 3.8) is 0 Å². The molecule has 0 aromatic heterocycles. The number of sulfone groups is 1. The van der Waals surface area contributed by atoms with Crippen molar-refractivity contribution in [3.05, 3.63) is 58.6 Å². The zero-order valence-corrected chi connectivity index (χ0v) is 12.1.